The number of piperazine rings is 1. The van der Waals surface area contributed by atoms with Gasteiger partial charge in [-0.2, -0.15) is 4.98 Å². The number of hydrogen-bond acceptors (Lipinski definition) is 6. The van der Waals surface area contributed by atoms with Gasteiger partial charge in [0.2, 0.25) is 11.7 Å². The average Bonchev–Trinajstić information content (AvgIpc) is 3.22. The Bertz CT molecular complexity index is 984. The molecule has 0 aliphatic carbocycles. The number of halogens is 2. The van der Waals surface area contributed by atoms with Gasteiger partial charge in [0, 0.05) is 31.7 Å². The van der Waals surface area contributed by atoms with E-state index in [2.05, 4.69) is 15.0 Å². The molecule has 30 heavy (non-hydrogen) atoms. The number of rotatable bonds is 6. The SMILES string of the molecule is O=C(COc1ccc(F)cc1)N1CCN(Cc2nc(-c3ccc(F)cc3)no2)CC1. The maximum atomic E-state index is 13.0. The molecule has 1 amide bonds. The van der Waals surface area contributed by atoms with Crippen molar-refractivity contribution in [2.24, 2.45) is 0 Å². The Morgan fingerprint density at radius 2 is 1.60 bits per heavy atom. The average molecular weight is 414 g/mol. The summed E-state index contributed by atoms with van der Waals surface area (Å²) in [6.45, 7) is 2.83. The van der Waals surface area contributed by atoms with E-state index in [0.717, 1.165) is 0 Å². The van der Waals surface area contributed by atoms with Crippen LogP contribution in [0.4, 0.5) is 8.78 Å². The molecule has 0 bridgehead atoms. The minimum atomic E-state index is -0.351. The molecule has 0 spiro atoms. The normalized spacial score (nSPS) is 14.7. The maximum Gasteiger partial charge on any atom is 0.260 e. The molecule has 0 radical (unpaired) electrons. The monoisotopic (exact) mass is 414 g/mol. The van der Waals surface area contributed by atoms with Crippen molar-refractivity contribution in [1.82, 2.24) is 19.9 Å². The number of carbonyl (C=O) groups is 1. The van der Waals surface area contributed by atoms with E-state index in [1.54, 1.807) is 17.0 Å². The Hall–Kier alpha value is -3.33. The Balaban J connectivity index is 1.24. The quantitative estimate of drug-likeness (QED) is 0.618. The zero-order valence-corrected chi connectivity index (χ0v) is 16.1. The first-order valence-electron chi connectivity index (χ1n) is 9.54. The number of benzene rings is 2. The Labute approximate surface area is 171 Å². The fourth-order valence-electron chi connectivity index (χ4n) is 3.15. The van der Waals surface area contributed by atoms with Crippen molar-refractivity contribution in [2.45, 2.75) is 6.54 Å². The minimum absolute atomic E-state index is 0.0870. The third kappa shape index (κ3) is 4.98. The van der Waals surface area contributed by atoms with Crippen molar-refractivity contribution in [3.8, 4) is 17.1 Å². The van der Waals surface area contributed by atoms with Crippen LogP contribution in [-0.2, 0) is 11.3 Å². The van der Waals surface area contributed by atoms with E-state index in [9.17, 15) is 13.6 Å². The van der Waals surface area contributed by atoms with Crippen LogP contribution in [0.5, 0.6) is 5.75 Å². The molecule has 1 fully saturated rings. The summed E-state index contributed by atoms with van der Waals surface area (Å²) in [4.78, 5) is 20.5. The van der Waals surface area contributed by atoms with Gasteiger partial charge in [-0.15, -0.1) is 0 Å². The number of hydrogen-bond donors (Lipinski definition) is 0. The second-order valence-corrected chi connectivity index (χ2v) is 6.92. The lowest BCUT2D eigenvalue weighted by Gasteiger charge is -2.33. The number of aromatic nitrogens is 2. The van der Waals surface area contributed by atoms with Crippen LogP contribution in [0.2, 0.25) is 0 Å². The molecule has 0 atom stereocenters. The van der Waals surface area contributed by atoms with Crippen LogP contribution >= 0.6 is 0 Å². The van der Waals surface area contributed by atoms with Gasteiger partial charge in [-0.1, -0.05) is 5.16 Å². The van der Waals surface area contributed by atoms with E-state index in [0.29, 0.717) is 55.8 Å². The molecule has 1 aromatic heterocycles. The van der Waals surface area contributed by atoms with Crippen LogP contribution in [0.15, 0.2) is 53.1 Å². The molecule has 2 aromatic carbocycles. The maximum absolute atomic E-state index is 13.0. The Kier molecular flexibility index (Phi) is 5.99. The van der Waals surface area contributed by atoms with Crippen LogP contribution in [-0.4, -0.2) is 58.6 Å². The van der Waals surface area contributed by atoms with Crippen LogP contribution in [0.3, 0.4) is 0 Å². The first kappa shape index (κ1) is 20.0. The number of ether oxygens (including phenoxy) is 1. The predicted molar refractivity (Wildman–Crippen MR) is 103 cm³/mol. The number of carbonyl (C=O) groups excluding carboxylic acids is 1. The topological polar surface area (TPSA) is 71.7 Å². The molecule has 7 nitrogen and oxygen atoms in total. The molecule has 1 aliphatic rings. The van der Waals surface area contributed by atoms with Gasteiger partial charge in [0.1, 0.15) is 17.4 Å². The van der Waals surface area contributed by atoms with Crippen molar-refractivity contribution in [1.29, 1.82) is 0 Å². The van der Waals surface area contributed by atoms with Gasteiger partial charge in [-0.05, 0) is 48.5 Å². The number of nitrogens with zero attached hydrogens (tertiary/aromatic N) is 4. The highest BCUT2D eigenvalue weighted by Gasteiger charge is 2.23. The molecule has 0 saturated carbocycles. The molecule has 3 aromatic rings. The van der Waals surface area contributed by atoms with Crippen LogP contribution < -0.4 is 4.74 Å². The van der Waals surface area contributed by atoms with E-state index in [1.807, 2.05) is 0 Å². The first-order valence-corrected chi connectivity index (χ1v) is 9.54. The standard InChI is InChI=1S/C21H20F2N4O3/c22-16-3-1-15(2-4-16)21-24-19(30-25-21)13-26-9-11-27(12-10-26)20(28)14-29-18-7-5-17(23)6-8-18/h1-8H,9-14H2. The van der Waals surface area contributed by atoms with Gasteiger partial charge in [-0.3, -0.25) is 9.69 Å². The van der Waals surface area contributed by atoms with Gasteiger partial charge >= 0.3 is 0 Å². The van der Waals surface area contributed by atoms with Gasteiger partial charge in [0.25, 0.3) is 5.91 Å². The molecular weight excluding hydrogens is 394 g/mol. The highest BCUT2D eigenvalue weighted by Crippen LogP contribution is 2.17. The minimum Gasteiger partial charge on any atom is -0.484 e. The fraction of sp³-hybridized carbons (Fsp3) is 0.286. The summed E-state index contributed by atoms with van der Waals surface area (Å²) < 4.78 is 36.7. The summed E-state index contributed by atoms with van der Waals surface area (Å²) in [5, 5.41) is 3.94. The van der Waals surface area contributed by atoms with E-state index in [1.165, 1.54) is 36.4 Å². The zero-order valence-electron chi connectivity index (χ0n) is 16.1. The smallest absolute Gasteiger partial charge is 0.260 e. The van der Waals surface area contributed by atoms with Crippen molar-refractivity contribution >= 4 is 5.91 Å². The lowest BCUT2D eigenvalue weighted by Crippen LogP contribution is -2.49. The Morgan fingerprint density at radius 3 is 2.27 bits per heavy atom. The molecule has 1 saturated heterocycles. The highest BCUT2D eigenvalue weighted by atomic mass is 19.1. The second kappa shape index (κ2) is 9.00. The third-order valence-electron chi connectivity index (χ3n) is 4.83. The van der Waals surface area contributed by atoms with Crippen LogP contribution in [0, 0.1) is 11.6 Å². The summed E-state index contributed by atoms with van der Waals surface area (Å²) in [5.74, 6) is 0.548. The molecule has 0 N–H and O–H groups in total. The van der Waals surface area contributed by atoms with Gasteiger partial charge in [0.05, 0.1) is 6.54 Å². The van der Waals surface area contributed by atoms with Crippen molar-refractivity contribution in [3.05, 3.63) is 66.1 Å². The van der Waals surface area contributed by atoms with Gasteiger partial charge in [0.15, 0.2) is 6.61 Å². The molecular formula is C21H20F2N4O3. The summed E-state index contributed by atoms with van der Waals surface area (Å²) in [6.07, 6.45) is 0. The molecule has 0 unspecified atom stereocenters. The lowest BCUT2D eigenvalue weighted by molar-refractivity contribution is -0.135. The predicted octanol–water partition coefficient (Wildman–Crippen LogP) is 2.74. The van der Waals surface area contributed by atoms with E-state index in [4.69, 9.17) is 9.26 Å². The summed E-state index contributed by atoms with van der Waals surface area (Å²) in [7, 11) is 0. The molecule has 4 rings (SSSR count). The second-order valence-electron chi connectivity index (χ2n) is 6.92. The Morgan fingerprint density at radius 1 is 0.967 bits per heavy atom. The number of amides is 1. The van der Waals surface area contributed by atoms with E-state index >= 15 is 0 Å². The molecule has 9 heteroatoms. The van der Waals surface area contributed by atoms with Crippen LogP contribution in [0.25, 0.3) is 11.4 Å². The van der Waals surface area contributed by atoms with Crippen LogP contribution in [0.1, 0.15) is 5.89 Å². The van der Waals surface area contributed by atoms with Crippen molar-refractivity contribution in [3.63, 3.8) is 0 Å². The highest BCUT2D eigenvalue weighted by molar-refractivity contribution is 5.77. The molecule has 156 valence electrons. The van der Waals surface area contributed by atoms with Crippen molar-refractivity contribution < 1.29 is 22.8 Å². The summed E-state index contributed by atoms with van der Waals surface area (Å²) in [6, 6.07) is 11.5. The van der Waals surface area contributed by atoms with Gasteiger partial charge in [-0.25, -0.2) is 8.78 Å². The van der Waals surface area contributed by atoms with Gasteiger partial charge < -0.3 is 14.2 Å². The summed E-state index contributed by atoms with van der Waals surface area (Å²) in [5.41, 5.74) is 0.683. The van der Waals surface area contributed by atoms with E-state index in [-0.39, 0.29) is 24.1 Å². The zero-order chi connectivity index (χ0) is 20.9. The lowest BCUT2D eigenvalue weighted by atomic mass is 10.2. The molecule has 2 heterocycles. The summed E-state index contributed by atoms with van der Waals surface area (Å²) >= 11 is 0. The van der Waals surface area contributed by atoms with E-state index < -0.39 is 0 Å². The van der Waals surface area contributed by atoms with Crippen molar-refractivity contribution in [2.75, 3.05) is 32.8 Å². The first-order chi connectivity index (χ1) is 14.6. The third-order valence-corrected chi connectivity index (χ3v) is 4.83. The largest absolute Gasteiger partial charge is 0.484 e. The molecule has 1 aliphatic heterocycles. The fourth-order valence-corrected chi connectivity index (χ4v) is 3.15.